The van der Waals surface area contributed by atoms with Gasteiger partial charge >= 0.3 is 5.69 Å². The van der Waals surface area contributed by atoms with Crippen LogP contribution in [-0.2, 0) is 6.54 Å². The van der Waals surface area contributed by atoms with E-state index in [0.29, 0.717) is 24.0 Å². The third kappa shape index (κ3) is 3.20. The molecule has 0 bridgehead atoms. The topological polar surface area (TPSA) is 73.0 Å². The Morgan fingerprint density at radius 1 is 1.53 bits per heavy atom. The quantitative estimate of drug-likeness (QED) is 0.664. The number of nitrogens with one attached hydrogen (secondary N) is 1. The maximum absolute atomic E-state index is 11.1. The standard InChI is InChI=1S/C12H20N4O2S/c1-3-15-12(11(16(17)18)9(2)14-15)13-8-10-4-6-19-7-5-10/h10,13H,3-8H2,1-2H3. The Labute approximate surface area is 117 Å². The number of nitrogens with zero attached hydrogens (tertiary/aromatic N) is 3. The molecule has 0 amide bonds. The highest BCUT2D eigenvalue weighted by molar-refractivity contribution is 7.99. The maximum Gasteiger partial charge on any atom is 0.333 e. The second-order valence-electron chi connectivity index (χ2n) is 4.79. The molecule has 1 aliphatic heterocycles. The monoisotopic (exact) mass is 284 g/mol. The van der Waals surface area contributed by atoms with Crippen molar-refractivity contribution in [3.8, 4) is 0 Å². The van der Waals surface area contributed by atoms with Gasteiger partial charge in [0, 0.05) is 13.1 Å². The minimum atomic E-state index is -0.340. The van der Waals surface area contributed by atoms with E-state index in [1.165, 1.54) is 24.3 Å². The van der Waals surface area contributed by atoms with Crippen LogP contribution in [0.3, 0.4) is 0 Å². The molecular weight excluding hydrogens is 264 g/mol. The van der Waals surface area contributed by atoms with E-state index in [-0.39, 0.29) is 10.6 Å². The lowest BCUT2D eigenvalue weighted by atomic mass is 10.0. The molecule has 19 heavy (non-hydrogen) atoms. The summed E-state index contributed by atoms with van der Waals surface area (Å²) < 4.78 is 1.69. The summed E-state index contributed by atoms with van der Waals surface area (Å²) in [7, 11) is 0. The molecule has 1 fully saturated rings. The fourth-order valence-corrected chi connectivity index (χ4v) is 3.59. The zero-order valence-corrected chi connectivity index (χ0v) is 12.2. The summed E-state index contributed by atoms with van der Waals surface area (Å²) in [6, 6.07) is 0. The molecule has 2 heterocycles. The van der Waals surface area contributed by atoms with Gasteiger partial charge in [-0.15, -0.1) is 0 Å². The van der Waals surface area contributed by atoms with E-state index in [9.17, 15) is 10.1 Å². The van der Waals surface area contributed by atoms with Crippen molar-refractivity contribution >= 4 is 23.3 Å². The van der Waals surface area contributed by atoms with Crippen molar-refractivity contribution in [2.45, 2.75) is 33.2 Å². The van der Waals surface area contributed by atoms with Gasteiger partial charge in [0.25, 0.3) is 0 Å². The van der Waals surface area contributed by atoms with Gasteiger partial charge in [-0.1, -0.05) is 0 Å². The lowest BCUT2D eigenvalue weighted by Crippen LogP contribution is -2.21. The molecular formula is C12H20N4O2S. The van der Waals surface area contributed by atoms with Crippen molar-refractivity contribution < 1.29 is 4.92 Å². The van der Waals surface area contributed by atoms with Crippen LogP contribution < -0.4 is 5.32 Å². The second kappa shape index (κ2) is 6.27. The molecule has 0 radical (unpaired) electrons. The van der Waals surface area contributed by atoms with Crippen LogP contribution >= 0.6 is 11.8 Å². The Hall–Kier alpha value is -1.24. The summed E-state index contributed by atoms with van der Waals surface area (Å²) in [5.74, 6) is 3.56. The summed E-state index contributed by atoms with van der Waals surface area (Å²) in [6.45, 7) is 5.06. The van der Waals surface area contributed by atoms with Crippen LogP contribution in [0.2, 0.25) is 0 Å². The predicted molar refractivity (Wildman–Crippen MR) is 77.8 cm³/mol. The van der Waals surface area contributed by atoms with Gasteiger partial charge in [-0.25, -0.2) is 4.68 Å². The first-order valence-electron chi connectivity index (χ1n) is 6.66. The van der Waals surface area contributed by atoms with Gasteiger partial charge in [0.05, 0.1) is 4.92 Å². The number of rotatable bonds is 5. The number of hydrogen-bond acceptors (Lipinski definition) is 5. The summed E-state index contributed by atoms with van der Waals surface area (Å²) >= 11 is 1.99. The number of aromatic nitrogens is 2. The van der Waals surface area contributed by atoms with E-state index < -0.39 is 0 Å². The Balaban J connectivity index is 2.11. The van der Waals surface area contributed by atoms with Crippen LogP contribution in [0.15, 0.2) is 0 Å². The van der Waals surface area contributed by atoms with Gasteiger partial charge in [0.1, 0.15) is 5.69 Å². The smallest absolute Gasteiger partial charge is 0.333 e. The Kier molecular flexibility index (Phi) is 4.68. The number of thioether (sulfide) groups is 1. The van der Waals surface area contributed by atoms with Crippen molar-refractivity contribution in [3.63, 3.8) is 0 Å². The van der Waals surface area contributed by atoms with Crippen molar-refractivity contribution in [1.29, 1.82) is 0 Å². The fourth-order valence-electron chi connectivity index (χ4n) is 2.39. The molecule has 0 aliphatic carbocycles. The van der Waals surface area contributed by atoms with Crippen molar-refractivity contribution in [2.24, 2.45) is 5.92 Å². The molecule has 0 unspecified atom stereocenters. The van der Waals surface area contributed by atoms with E-state index in [2.05, 4.69) is 10.4 Å². The Morgan fingerprint density at radius 3 is 2.79 bits per heavy atom. The molecule has 0 aromatic carbocycles. The first-order chi connectivity index (χ1) is 9.13. The number of hydrogen-bond donors (Lipinski definition) is 1. The molecule has 1 aromatic rings. The zero-order chi connectivity index (χ0) is 13.8. The molecule has 1 N–H and O–H groups in total. The van der Waals surface area contributed by atoms with Gasteiger partial charge in [-0.3, -0.25) is 10.1 Å². The molecule has 7 heteroatoms. The first kappa shape index (κ1) is 14.2. The zero-order valence-electron chi connectivity index (χ0n) is 11.4. The van der Waals surface area contributed by atoms with Crippen molar-refractivity contribution in [1.82, 2.24) is 9.78 Å². The first-order valence-corrected chi connectivity index (χ1v) is 7.82. The molecule has 106 valence electrons. The summed E-state index contributed by atoms with van der Waals surface area (Å²) in [4.78, 5) is 10.8. The van der Waals surface area contributed by atoms with Crippen LogP contribution in [0.5, 0.6) is 0 Å². The summed E-state index contributed by atoms with van der Waals surface area (Å²) in [6.07, 6.45) is 2.37. The molecule has 0 atom stereocenters. The van der Waals surface area contributed by atoms with E-state index in [0.717, 1.165) is 6.54 Å². The van der Waals surface area contributed by atoms with Crippen molar-refractivity contribution in [2.75, 3.05) is 23.4 Å². The number of anilines is 1. The Bertz CT molecular complexity index is 455. The van der Waals surface area contributed by atoms with Gasteiger partial charge < -0.3 is 5.32 Å². The molecule has 1 aromatic heterocycles. The van der Waals surface area contributed by atoms with Crippen LogP contribution in [0.25, 0.3) is 0 Å². The normalized spacial score (nSPS) is 16.5. The van der Waals surface area contributed by atoms with Gasteiger partial charge in [0.15, 0.2) is 0 Å². The molecule has 0 spiro atoms. The average Bonchev–Trinajstić information content (AvgIpc) is 2.73. The SMILES string of the molecule is CCn1nc(C)c([N+](=O)[O-])c1NCC1CCSCC1. The number of nitro groups is 1. The predicted octanol–water partition coefficient (Wildman–Crippen LogP) is 2.67. The fraction of sp³-hybridized carbons (Fsp3) is 0.750. The average molecular weight is 284 g/mol. The lowest BCUT2D eigenvalue weighted by molar-refractivity contribution is -0.384. The molecule has 0 saturated carbocycles. The minimum Gasteiger partial charge on any atom is -0.364 e. The van der Waals surface area contributed by atoms with Gasteiger partial charge in [-0.2, -0.15) is 16.9 Å². The highest BCUT2D eigenvalue weighted by Crippen LogP contribution is 2.29. The lowest BCUT2D eigenvalue weighted by Gasteiger charge is -2.21. The highest BCUT2D eigenvalue weighted by atomic mass is 32.2. The highest BCUT2D eigenvalue weighted by Gasteiger charge is 2.25. The van der Waals surface area contributed by atoms with E-state index in [1.807, 2.05) is 18.7 Å². The summed E-state index contributed by atoms with van der Waals surface area (Å²) in [5, 5.41) is 18.6. The minimum absolute atomic E-state index is 0.118. The number of aryl methyl sites for hydroxylation is 2. The van der Waals surface area contributed by atoms with Crippen molar-refractivity contribution in [3.05, 3.63) is 15.8 Å². The largest absolute Gasteiger partial charge is 0.364 e. The van der Waals surface area contributed by atoms with E-state index >= 15 is 0 Å². The van der Waals surface area contributed by atoms with Gasteiger partial charge in [-0.05, 0) is 44.1 Å². The van der Waals surface area contributed by atoms with Crippen LogP contribution in [0.4, 0.5) is 11.5 Å². The van der Waals surface area contributed by atoms with E-state index in [4.69, 9.17) is 0 Å². The third-order valence-corrected chi connectivity index (χ3v) is 4.53. The van der Waals surface area contributed by atoms with Crippen LogP contribution in [0.1, 0.15) is 25.5 Å². The Morgan fingerprint density at radius 2 is 2.21 bits per heavy atom. The molecule has 6 nitrogen and oxygen atoms in total. The third-order valence-electron chi connectivity index (χ3n) is 3.48. The van der Waals surface area contributed by atoms with Gasteiger partial charge in [0.2, 0.25) is 5.82 Å². The molecule has 1 aliphatic rings. The molecule has 2 rings (SSSR count). The maximum atomic E-state index is 11.1. The summed E-state index contributed by atoms with van der Waals surface area (Å²) in [5.41, 5.74) is 0.598. The second-order valence-corrected chi connectivity index (χ2v) is 6.02. The molecule has 1 saturated heterocycles. The van der Waals surface area contributed by atoms with Crippen LogP contribution in [0, 0.1) is 23.0 Å². The van der Waals surface area contributed by atoms with E-state index in [1.54, 1.807) is 11.6 Å². The van der Waals surface area contributed by atoms with Crippen LogP contribution in [-0.4, -0.2) is 32.8 Å².